The monoisotopic (exact) mass is 347 g/mol. The number of amides is 2. The predicted octanol–water partition coefficient (Wildman–Crippen LogP) is 2.50. The van der Waals surface area contributed by atoms with Gasteiger partial charge in [-0.1, -0.05) is 0 Å². The summed E-state index contributed by atoms with van der Waals surface area (Å²) in [6.07, 6.45) is 0. The smallest absolute Gasteiger partial charge is 0.340 e. The third-order valence-corrected chi connectivity index (χ3v) is 5.50. The van der Waals surface area contributed by atoms with Gasteiger partial charge in [-0.2, -0.15) is 4.31 Å². The number of anilines is 3. The number of fused-ring (bicyclic) bond motifs is 1. The third-order valence-electron chi connectivity index (χ3n) is 3.73. The molecule has 0 aliphatic carbocycles. The Labute approximate surface area is 140 Å². The molecule has 126 valence electrons. The van der Waals surface area contributed by atoms with E-state index in [1.165, 1.54) is 19.2 Å². The maximum atomic E-state index is 12.8. The molecule has 0 radical (unpaired) electrons. The molecule has 2 aromatic carbocycles. The Hall–Kier alpha value is -2.74. The number of carbonyl (C=O) groups excluding carboxylic acids is 1. The van der Waals surface area contributed by atoms with Crippen molar-refractivity contribution in [3.8, 4) is 5.75 Å². The fraction of sp³-hybridized carbons (Fsp3) is 0.188. The molecule has 0 fully saturated rings. The molecule has 2 amide bonds. The fourth-order valence-electron chi connectivity index (χ4n) is 2.47. The first kappa shape index (κ1) is 16.1. The van der Waals surface area contributed by atoms with Crippen LogP contribution in [-0.2, 0) is 10.0 Å². The molecule has 1 N–H and O–H groups in total. The van der Waals surface area contributed by atoms with E-state index in [1.54, 1.807) is 30.3 Å². The highest BCUT2D eigenvalue weighted by molar-refractivity contribution is 7.94. The third kappa shape index (κ3) is 2.54. The van der Waals surface area contributed by atoms with Crippen LogP contribution in [0.4, 0.5) is 21.9 Å². The number of rotatable bonds is 3. The van der Waals surface area contributed by atoms with E-state index >= 15 is 0 Å². The van der Waals surface area contributed by atoms with Crippen molar-refractivity contribution >= 4 is 33.1 Å². The average Bonchev–Trinajstić information content (AvgIpc) is 2.54. The molecule has 0 bridgehead atoms. The topological polar surface area (TPSA) is 79.0 Å². The first-order valence-electron chi connectivity index (χ1n) is 7.16. The van der Waals surface area contributed by atoms with Crippen molar-refractivity contribution in [2.24, 2.45) is 0 Å². The number of carbonyl (C=O) groups is 1. The molecule has 0 saturated carbocycles. The van der Waals surface area contributed by atoms with Crippen LogP contribution in [0.3, 0.4) is 0 Å². The Kier molecular flexibility index (Phi) is 3.84. The van der Waals surface area contributed by atoms with E-state index in [4.69, 9.17) is 4.74 Å². The molecule has 7 nitrogen and oxygen atoms in total. The normalized spacial score (nSPS) is 15.5. The molecular formula is C16H17N3O4S. The van der Waals surface area contributed by atoms with Gasteiger partial charge in [0.2, 0.25) is 0 Å². The van der Waals surface area contributed by atoms with E-state index in [1.807, 2.05) is 19.0 Å². The minimum atomic E-state index is -3.99. The molecule has 0 atom stereocenters. The fourth-order valence-corrected chi connectivity index (χ4v) is 3.96. The van der Waals surface area contributed by atoms with Gasteiger partial charge in [-0.3, -0.25) is 0 Å². The van der Waals surface area contributed by atoms with E-state index in [-0.39, 0.29) is 16.3 Å². The van der Waals surface area contributed by atoms with Crippen LogP contribution in [0.1, 0.15) is 0 Å². The zero-order chi connectivity index (χ0) is 17.5. The minimum absolute atomic E-state index is 0.0274. The van der Waals surface area contributed by atoms with Crippen molar-refractivity contribution in [1.82, 2.24) is 0 Å². The minimum Gasteiger partial charge on any atom is -0.497 e. The molecule has 0 spiro atoms. The van der Waals surface area contributed by atoms with Gasteiger partial charge in [0, 0.05) is 25.8 Å². The molecule has 2 aromatic rings. The first-order valence-corrected chi connectivity index (χ1v) is 8.60. The van der Waals surface area contributed by atoms with Crippen molar-refractivity contribution < 1.29 is 17.9 Å². The molecule has 0 saturated heterocycles. The molecule has 0 aromatic heterocycles. The Morgan fingerprint density at radius 1 is 1.08 bits per heavy atom. The summed E-state index contributed by atoms with van der Waals surface area (Å²) in [7, 11) is 1.24. The van der Waals surface area contributed by atoms with Crippen molar-refractivity contribution in [3.63, 3.8) is 0 Å². The Morgan fingerprint density at radius 3 is 2.33 bits per heavy atom. The summed E-state index contributed by atoms with van der Waals surface area (Å²) in [5.74, 6) is 0.466. The van der Waals surface area contributed by atoms with Gasteiger partial charge in [-0.15, -0.1) is 0 Å². The van der Waals surface area contributed by atoms with Crippen molar-refractivity contribution in [2.75, 3.05) is 35.7 Å². The van der Waals surface area contributed by atoms with E-state index in [9.17, 15) is 13.2 Å². The van der Waals surface area contributed by atoms with Crippen molar-refractivity contribution in [2.45, 2.75) is 4.90 Å². The van der Waals surface area contributed by atoms with Gasteiger partial charge in [0.25, 0.3) is 10.0 Å². The summed E-state index contributed by atoms with van der Waals surface area (Å²) >= 11 is 0. The predicted molar refractivity (Wildman–Crippen MR) is 92.4 cm³/mol. The van der Waals surface area contributed by atoms with E-state index in [0.717, 1.165) is 9.99 Å². The number of ether oxygens (including phenoxy) is 1. The Morgan fingerprint density at radius 2 is 1.75 bits per heavy atom. The van der Waals surface area contributed by atoms with Crippen LogP contribution in [0.2, 0.25) is 0 Å². The zero-order valence-corrected chi connectivity index (χ0v) is 14.3. The number of benzene rings is 2. The lowest BCUT2D eigenvalue weighted by atomic mass is 10.2. The maximum absolute atomic E-state index is 12.8. The van der Waals surface area contributed by atoms with Gasteiger partial charge in [0.1, 0.15) is 10.6 Å². The highest BCUT2D eigenvalue weighted by Gasteiger charge is 2.38. The van der Waals surface area contributed by atoms with Crippen LogP contribution in [0.5, 0.6) is 5.75 Å². The van der Waals surface area contributed by atoms with Gasteiger partial charge in [-0.05, 0) is 36.4 Å². The molecule has 1 aliphatic heterocycles. The molecule has 3 rings (SSSR count). The number of nitrogens with one attached hydrogen (secondary N) is 1. The average molecular weight is 347 g/mol. The second kappa shape index (κ2) is 5.72. The second-order valence-electron chi connectivity index (χ2n) is 5.47. The van der Waals surface area contributed by atoms with E-state index < -0.39 is 16.1 Å². The number of sulfonamides is 1. The molecule has 24 heavy (non-hydrogen) atoms. The lowest BCUT2D eigenvalue weighted by molar-refractivity contribution is 0.259. The van der Waals surface area contributed by atoms with Gasteiger partial charge in [0.05, 0.1) is 18.5 Å². The highest BCUT2D eigenvalue weighted by Crippen LogP contribution is 2.36. The van der Waals surface area contributed by atoms with Gasteiger partial charge in [0.15, 0.2) is 0 Å². The molecular weight excluding hydrogens is 330 g/mol. The van der Waals surface area contributed by atoms with Gasteiger partial charge in [-0.25, -0.2) is 13.2 Å². The summed E-state index contributed by atoms with van der Waals surface area (Å²) in [6.45, 7) is 0. The lowest BCUT2D eigenvalue weighted by Crippen LogP contribution is -2.44. The van der Waals surface area contributed by atoms with Crippen molar-refractivity contribution in [1.29, 1.82) is 0 Å². The lowest BCUT2D eigenvalue weighted by Gasteiger charge is -2.29. The van der Waals surface area contributed by atoms with Crippen LogP contribution in [0.15, 0.2) is 47.4 Å². The number of urea groups is 1. The van der Waals surface area contributed by atoms with Crippen LogP contribution in [0, 0.1) is 0 Å². The first-order chi connectivity index (χ1) is 11.3. The summed E-state index contributed by atoms with van der Waals surface area (Å²) in [6, 6.07) is 10.4. The number of methoxy groups -OCH3 is 1. The van der Waals surface area contributed by atoms with Crippen LogP contribution in [0.25, 0.3) is 0 Å². The van der Waals surface area contributed by atoms with Gasteiger partial charge >= 0.3 is 6.03 Å². The quantitative estimate of drug-likeness (QED) is 0.923. The molecule has 1 heterocycles. The summed E-state index contributed by atoms with van der Waals surface area (Å²) in [4.78, 5) is 14.3. The van der Waals surface area contributed by atoms with Crippen LogP contribution in [-0.4, -0.2) is 35.7 Å². The largest absolute Gasteiger partial charge is 0.497 e. The molecule has 8 heteroatoms. The summed E-state index contributed by atoms with van der Waals surface area (Å²) in [5, 5.41) is 2.59. The second-order valence-corrected chi connectivity index (χ2v) is 7.23. The van der Waals surface area contributed by atoms with E-state index in [0.29, 0.717) is 5.75 Å². The SMILES string of the molecule is COc1ccc2c(c1)NC(=O)N(c1ccc(N(C)C)cc1)S2(=O)=O. The van der Waals surface area contributed by atoms with E-state index in [2.05, 4.69) is 5.32 Å². The van der Waals surface area contributed by atoms with Crippen LogP contribution < -0.4 is 19.3 Å². The summed E-state index contributed by atoms with van der Waals surface area (Å²) in [5.41, 5.74) is 1.39. The van der Waals surface area contributed by atoms with Crippen molar-refractivity contribution in [3.05, 3.63) is 42.5 Å². The zero-order valence-electron chi connectivity index (χ0n) is 13.5. The van der Waals surface area contributed by atoms with Crippen LogP contribution >= 0.6 is 0 Å². The van der Waals surface area contributed by atoms with Gasteiger partial charge < -0.3 is 15.0 Å². The highest BCUT2D eigenvalue weighted by atomic mass is 32.2. The summed E-state index contributed by atoms with van der Waals surface area (Å²) < 4.78 is 31.5. The number of hydrogen-bond donors (Lipinski definition) is 1. The molecule has 0 unspecified atom stereocenters. The Balaban J connectivity index is 2.07. The Bertz CT molecular complexity index is 892. The molecule has 1 aliphatic rings. The standard InChI is InChI=1S/C16H17N3O4S/c1-18(2)11-4-6-12(7-5-11)19-16(20)17-14-10-13(23-3)8-9-15(14)24(19,21)22/h4-10H,1-3H3,(H,17,20). The maximum Gasteiger partial charge on any atom is 0.340 e. The number of nitrogens with zero attached hydrogens (tertiary/aromatic N) is 2. The number of hydrogen-bond acceptors (Lipinski definition) is 5.